The summed E-state index contributed by atoms with van der Waals surface area (Å²) >= 11 is 0. The largest absolute Gasteiger partial charge is 0.397 e. The predicted molar refractivity (Wildman–Crippen MR) is 81.0 cm³/mol. The molecule has 2 rings (SSSR count). The lowest BCUT2D eigenvalue weighted by Gasteiger charge is -2.10. The summed E-state index contributed by atoms with van der Waals surface area (Å²) in [4.78, 5) is 12.1. The molecule has 1 amide bonds. The first-order chi connectivity index (χ1) is 9.63. The van der Waals surface area contributed by atoms with Crippen LogP contribution < -0.4 is 22.5 Å². The summed E-state index contributed by atoms with van der Waals surface area (Å²) in [5, 5.41) is 2.78. The van der Waals surface area contributed by atoms with E-state index in [1.54, 1.807) is 24.3 Å². The van der Waals surface area contributed by atoms with E-state index in [1.807, 2.05) is 18.2 Å². The van der Waals surface area contributed by atoms with Crippen LogP contribution in [0.5, 0.6) is 0 Å². The Kier molecular flexibility index (Phi) is 4.34. The zero-order valence-corrected chi connectivity index (χ0v) is 11.1. The van der Waals surface area contributed by atoms with Crippen molar-refractivity contribution in [2.75, 3.05) is 11.1 Å². The molecule has 0 aliphatic carbocycles. The molecular formula is C15H18N4O. The summed E-state index contributed by atoms with van der Waals surface area (Å²) in [6, 6.07) is 12.5. The van der Waals surface area contributed by atoms with Crippen LogP contribution in [0.4, 0.5) is 11.4 Å². The normalized spacial score (nSPS) is 10.3. The Hall–Kier alpha value is -2.37. The van der Waals surface area contributed by atoms with Crippen molar-refractivity contribution in [3.05, 3.63) is 59.2 Å². The third kappa shape index (κ3) is 3.14. The summed E-state index contributed by atoms with van der Waals surface area (Å²) in [5.41, 5.74) is 20.5. The average Bonchev–Trinajstić information content (AvgIpc) is 2.49. The zero-order valence-electron chi connectivity index (χ0n) is 11.1. The highest BCUT2D eigenvalue weighted by Gasteiger charge is 2.08. The van der Waals surface area contributed by atoms with Crippen molar-refractivity contribution in [1.29, 1.82) is 0 Å². The van der Waals surface area contributed by atoms with Crippen LogP contribution in [-0.4, -0.2) is 5.91 Å². The fourth-order valence-corrected chi connectivity index (χ4v) is 1.84. The Morgan fingerprint density at radius 3 is 2.10 bits per heavy atom. The molecule has 0 aromatic heterocycles. The molecule has 0 atom stereocenters. The molecule has 5 heteroatoms. The molecule has 2 aromatic carbocycles. The Morgan fingerprint density at radius 2 is 1.55 bits per heavy atom. The number of nitrogens with two attached hydrogens (primary N) is 3. The topological polar surface area (TPSA) is 107 Å². The summed E-state index contributed by atoms with van der Waals surface area (Å²) in [5.74, 6) is -0.208. The van der Waals surface area contributed by atoms with Crippen molar-refractivity contribution in [1.82, 2.24) is 0 Å². The lowest BCUT2D eigenvalue weighted by molar-refractivity contribution is 0.102. The minimum atomic E-state index is -0.208. The Balaban J connectivity index is 2.14. The highest BCUT2D eigenvalue weighted by molar-refractivity contribution is 6.05. The van der Waals surface area contributed by atoms with Crippen LogP contribution in [0, 0.1) is 0 Å². The SMILES string of the molecule is NCc1ccc(C(=O)Nc2ccc(CN)cc2N)cc1. The van der Waals surface area contributed by atoms with E-state index < -0.39 is 0 Å². The molecule has 0 heterocycles. The first kappa shape index (κ1) is 14.0. The maximum Gasteiger partial charge on any atom is 0.255 e. The maximum absolute atomic E-state index is 12.1. The third-order valence-corrected chi connectivity index (χ3v) is 3.05. The Labute approximate surface area is 117 Å². The molecule has 104 valence electrons. The number of amides is 1. The number of carbonyl (C=O) groups is 1. The summed E-state index contributed by atoms with van der Waals surface area (Å²) in [7, 11) is 0. The Morgan fingerprint density at radius 1 is 0.950 bits per heavy atom. The average molecular weight is 270 g/mol. The van der Waals surface area contributed by atoms with Crippen LogP contribution in [0.2, 0.25) is 0 Å². The predicted octanol–water partition coefficient (Wildman–Crippen LogP) is 1.44. The molecule has 0 saturated heterocycles. The van der Waals surface area contributed by atoms with Crippen molar-refractivity contribution >= 4 is 17.3 Å². The molecular weight excluding hydrogens is 252 g/mol. The van der Waals surface area contributed by atoms with Crippen LogP contribution in [0.1, 0.15) is 21.5 Å². The van der Waals surface area contributed by atoms with Gasteiger partial charge in [0.05, 0.1) is 11.4 Å². The van der Waals surface area contributed by atoms with Gasteiger partial charge < -0.3 is 22.5 Å². The van der Waals surface area contributed by atoms with Gasteiger partial charge in [-0.05, 0) is 35.4 Å². The fourth-order valence-electron chi connectivity index (χ4n) is 1.84. The second-order valence-electron chi connectivity index (χ2n) is 4.48. The van der Waals surface area contributed by atoms with E-state index in [2.05, 4.69) is 5.32 Å². The Bertz CT molecular complexity index is 608. The van der Waals surface area contributed by atoms with Crippen LogP contribution in [0.3, 0.4) is 0 Å². The standard InChI is InChI=1S/C15H18N4O/c16-8-10-1-4-12(5-2-10)15(20)19-14-6-3-11(9-17)7-13(14)18/h1-7H,8-9,16-18H2,(H,19,20). The van der Waals surface area contributed by atoms with Crippen LogP contribution in [0.15, 0.2) is 42.5 Å². The van der Waals surface area contributed by atoms with E-state index in [1.165, 1.54) is 0 Å². The van der Waals surface area contributed by atoms with Gasteiger partial charge in [0.25, 0.3) is 5.91 Å². The second-order valence-corrected chi connectivity index (χ2v) is 4.48. The van der Waals surface area contributed by atoms with Gasteiger partial charge in [-0.25, -0.2) is 0 Å². The first-order valence-corrected chi connectivity index (χ1v) is 6.33. The van der Waals surface area contributed by atoms with Crippen LogP contribution >= 0.6 is 0 Å². The van der Waals surface area contributed by atoms with E-state index in [4.69, 9.17) is 17.2 Å². The fraction of sp³-hybridized carbons (Fsp3) is 0.133. The molecule has 0 saturated carbocycles. The molecule has 0 fully saturated rings. The summed E-state index contributed by atoms with van der Waals surface area (Å²) in [6.07, 6.45) is 0. The van der Waals surface area contributed by atoms with Gasteiger partial charge in [-0.3, -0.25) is 4.79 Å². The van der Waals surface area contributed by atoms with Crippen molar-refractivity contribution in [2.24, 2.45) is 11.5 Å². The van der Waals surface area contributed by atoms with Crippen LogP contribution in [-0.2, 0) is 13.1 Å². The number of carbonyl (C=O) groups excluding carboxylic acids is 1. The molecule has 0 bridgehead atoms. The number of hydrogen-bond acceptors (Lipinski definition) is 4. The lowest BCUT2D eigenvalue weighted by Crippen LogP contribution is -2.13. The monoisotopic (exact) mass is 270 g/mol. The molecule has 0 aliphatic rings. The maximum atomic E-state index is 12.1. The van der Waals surface area contributed by atoms with Gasteiger partial charge in [0.15, 0.2) is 0 Å². The molecule has 0 radical (unpaired) electrons. The lowest BCUT2D eigenvalue weighted by atomic mass is 10.1. The number of rotatable bonds is 4. The molecule has 5 nitrogen and oxygen atoms in total. The van der Waals surface area contributed by atoms with Crippen LogP contribution in [0.25, 0.3) is 0 Å². The highest BCUT2D eigenvalue weighted by Crippen LogP contribution is 2.20. The molecule has 0 unspecified atom stereocenters. The molecule has 0 aliphatic heterocycles. The van der Waals surface area contributed by atoms with Gasteiger partial charge in [-0.15, -0.1) is 0 Å². The molecule has 20 heavy (non-hydrogen) atoms. The highest BCUT2D eigenvalue weighted by atomic mass is 16.1. The summed E-state index contributed by atoms with van der Waals surface area (Å²) in [6.45, 7) is 0.869. The zero-order chi connectivity index (χ0) is 14.5. The number of benzene rings is 2. The van der Waals surface area contributed by atoms with E-state index in [0.29, 0.717) is 30.0 Å². The summed E-state index contributed by atoms with van der Waals surface area (Å²) < 4.78 is 0. The van der Waals surface area contributed by atoms with Crippen molar-refractivity contribution in [3.8, 4) is 0 Å². The van der Waals surface area contributed by atoms with Gasteiger partial charge in [0.1, 0.15) is 0 Å². The first-order valence-electron chi connectivity index (χ1n) is 6.33. The number of nitrogen functional groups attached to an aromatic ring is 1. The minimum absolute atomic E-state index is 0.208. The minimum Gasteiger partial charge on any atom is -0.397 e. The molecule has 0 spiro atoms. The van der Waals surface area contributed by atoms with Gasteiger partial charge >= 0.3 is 0 Å². The molecule has 2 aromatic rings. The van der Waals surface area contributed by atoms with Gasteiger partial charge in [0.2, 0.25) is 0 Å². The second kappa shape index (κ2) is 6.18. The van der Waals surface area contributed by atoms with Crippen molar-refractivity contribution in [3.63, 3.8) is 0 Å². The smallest absolute Gasteiger partial charge is 0.255 e. The van der Waals surface area contributed by atoms with Crippen molar-refractivity contribution < 1.29 is 4.79 Å². The quantitative estimate of drug-likeness (QED) is 0.630. The number of anilines is 2. The van der Waals surface area contributed by atoms with Gasteiger partial charge in [0, 0.05) is 18.7 Å². The van der Waals surface area contributed by atoms with Gasteiger partial charge in [-0.2, -0.15) is 0 Å². The van der Waals surface area contributed by atoms with E-state index >= 15 is 0 Å². The van der Waals surface area contributed by atoms with E-state index in [9.17, 15) is 4.79 Å². The number of nitrogens with one attached hydrogen (secondary N) is 1. The van der Waals surface area contributed by atoms with Gasteiger partial charge in [-0.1, -0.05) is 18.2 Å². The molecule has 7 N–H and O–H groups in total. The van der Waals surface area contributed by atoms with E-state index in [-0.39, 0.29) is 5.91 Å². The van der Waals surface area contributed by atoms with E-state index in [0.717, 1.165) is 11.1 Å². The van der Waals surface area contributed by atoms with Crippen molar-refractivity contribution in [2.45, 2.75) is 13.1 Å². The number of hydrogen-bond donors (Lipinski definition) is 4. The third-order valence-electron chi connectivity index (χ3n) is 3.05.